The van der Waals surface area contributed by atoms with Crippen LogP contribution in [0.15, 0.2) is 54.1 Å². The largest absolute Gasteiger partial charge is 0.494 e. The highest BCUT2D eigenvalue weighted by Crippen LogP contribution is 2.29. The molecule has 0 spiro atoms. The van der Waals surface area contributed by atoms with Crippen molar-refractivity contribution in [3.63, 3.8) is 0 Å². The van der Waals surface area contributed by atoms with E-state index in [0.29, 0.717) is 11.3 Å². The number of benzene rings is 2. The zero-order valence-corrected chi connectivity index (χ0v) is 12.8. The van der Waals surface area contributed by atoms with Crippen LogP contribution < -0.4 is 10.1 Å². The first-order valence-corrected chi connectivity index (χ1v) is 6.88. The van der Waals surface area contributed by atoms with Gasteiger partial charge < -0.3 is 10.1 Å². The number of nitrogens with zero attached hydrogens (tertiary/aromatic N) is 1. The second-order valence-corrected chi connectivity index (χ2v) is 4.83. The Kier molecular flexibility index (Phi) is 5.09. The summed E-state index contributed by atoms with van der Waals surface area (Å²) in [4.78, 5) is 22.5. The van der Waals surface area contributed by atoms with E-state index in [4.69, 9.17) is 4.74 Å². The minimum atomic E-state index is -0.519. The predicted octanol–water partition coefficient (Wildman–Crippen LogP) is 3.65. The number of anilines is 1. The Balaban J connectivity index is 2.20. The molecule has 0 fully saturated rings. The molecule has 6 heteroatoms. The summed E-state index contributed by atoms with van der Waals surface area (Å²) in [6.45, 7) is 1.69. The van der Waals surface area contributed by atoms with Gasteiger partial charge in [0.25, 0.3) is 11.6 Å². The average Bonchev–Trinajstić information content (AvgIpc) is 2.55. The molecule has 0 bridgehead atoms. The van der Waals surface area contributed by atoms with Gasteiger partial charge in [-0.25, -0.2) is 0 Å². The summed E-state index contributed by atoms with van der Waals surface area (Å²) in [5, 5.41) is 13.5. The van der Waals surface area contributed by atoms with Gasteiger partial charge in [-0.05, 0) is 24.6 Å². The highest BCUT2D eigenvalue weighted by Gasteiger charge is 2.14. The van der Waals surface area contributed by atoms with Gasteiger partial charge in [-0.1, -0.05) is 30.3 Å². The summed E-state index contributed by atoms with van der Waals surface area (Å²) in [6.07, 6.45) is 1.76. The van der Waals surface area contributed by atoms with Crippen molar-refractivity contribution in [3.8, 4) is 5.75 Å². The fourth-order valence-electron chi connectivity index (χ4n) is 1.98. The summed E-state index contributed by atoms with van der Waals surface area (Å²) >= 11 is 0. The number of nitrogens with one attached hydrogen (secondary N) is 1. The topological polar surface area (TPSA) is 81.5 Å². The maximum Gasteiger partial charge on any atom is 0.273 e. The lowest BCUT2D eigenvalue weighted by molar-refractivity contribution is -0.384. The molecule has 0 aliphatic rings. The van der Waals surface area contributed by atoms with Crippen LogP contribution in [0.1, 0.15) is 12.5 Å². The molecule has 0 aliphatic carbocycles. The number of nitro groups is 1. The summed E-state index contributed by atoms with van der Waals surface area (Å²) < 4.78 is 5.10. The molecule has 1 N–H and O–H groups in total. The van der Waals surface area contributed by atoms with E-state index in [0.717, 1.165) is 5.56 Å². The zero-order chi connectivity index (χ0) is 16.8. The summed E-state index contributed by atoms with van der Waals surface area (Å²) in [5.41, 5.74) is 1.70. The van der Waals surface area contributed by atoms with Crippen molar-refractivity contribution in [1.82, 2.24) is 0 Å². The highest BCUT2D eigenvalue weighted by atomic mass is 16.6. The monoisotopic (exact) mass is 312 g/mol. The standard InChI is InChI=1S/C17H16N2O4/c1-12(10-13-6-4-3-5-7-13)17(20)18-15-9-8-14(19(21)22)11-16(15)23-2/h3-11H,1-2H3,(H,18,20). The van der Waals surface area contributed by atoms with Gasteiger partial charge in [0.2, 0.25) is 0 Å². The molecule has 2 rings (SSSR count). The van der Waals surface area contributed by atoms with E-state index in [-0.39, 0.29) is 17.3 Å². The van der Waals surface area contributed by atoms with Gasteiger partial charge in [0.15, 0.2) is 0 Å². The molecule has 23 heavy (non-hydrogen) atoms. The van der Waals surface area contributed by atoms with Crippen molar-refractivity contribution in [2.45, 2.75) is 6.92 Å². The van der Waals surface area contributed by atoms with E-state index < -0.39 is 4.92 Å². The third-order valence-corrected chi connectivity index (χ3v) is 3.19. The van der Waals surface area contributed by atoms with E-state index in [1.54, 1.807) is 13.0 Å². The first-order valence-electron chi connectivity index (χ1n) is 6.88. The SMILES string of the molecule is COc1cc([N+](=O)[O-])ccc1NC(=O)C(C)=Cc1ccccc1. The normalized spacial score (nSPS) is 11.0. The molecule has 0 aromatic heterocycles. The molecule has 6 nitrogen and oxygen atoms in total. The lowest BCUT2D eigenvalue weighted by atomic mass is 10.1. The molecule has 1 amide bonds. The maximum atomic E-state index is 12.2. The van der Waals surface area contributed by atoms with Crippen LogP contribution in [0.5, 0.6) is 5.75 Å². The molecule has 2 aromatic carbocycles. The maximum absolute atomic E-state index is 12.2. The molecular weight excluding hydrogens is 296 g/mol. The quantitative estimate of drug-likeness (QED) is 0.519. The average molecular weight is 312 g/mol. The van der Waals surface area contributed by atoms with Crippen LogP contribution in [-0.4, -0.2) is 17.9 Å². The molecule has 0 heterocycles. The number of non-ortho nitro benzene ring substituents is 1. The Morgan fingerprint density at radius 2 is 1.91 bits per heavy atom. The number of rotatable bonds is 5. The van der Waals surface area contributed by atoms with Crippen molar-refractivity contribution >= 4 is 23.4 Å². The first-order chi connectivity index (χ1) is 11.0. The summed E-state index contributed by atoms with van der Waals surface area (Å²) in [6, 6.07) is 13.5. The van der Waals surface area contributed by atoms with Gasteiger partial charge in [0, 0.05) is 11.6 Å². The number of hydrogen-bond acceptors (Lipinski definition) is 4. The fourth-order valence-corrected chi connectivity index (χ4v) is 1.98. The minimum Gasteiger partial charge on any atom is -0.494 e. The molecule has 0 saturated carbocycles. The van der Waals surface area contributed by atoms with Crippen LogP contribution in [0.2, 0.25) is 0 Å². The molecule has 2 aromatic rings. The van der Waals surface area contributed by atoms with Crippen LogP contribution in [0.4, 0.5) is 11.4 Å². The smallest absolute Gasteiger partial charge is 0.273 e. The first kappa shape index (κ1) is 16.2. The zero-order valence-electron chi connectivity index (χ0n) is 12.8. The van der Waals surface area contributed by atoms with E-state index >= 15 is 0 Å². The molecule has 0 radical (unpaired) electrons. The molecule has 0 saturated heterocycles. The van der Waals surface area contributed by atoms with Gasteiger partial charge in [-0.15, -0.1) is 0 Å². The second kappa shape index (κ2) is 7.22. The van der Waals surface area contributed by atoms with Crippen molar-refractivity contribution in [1.29, 1.82) is 0 Å². The Labute approximate surface area is 133 Å². The van der Waals surface area contributed by atoms with Crippen molar-refractivity contribution in [3.05, 3.63) is 69.8 Å². The molecular formula is C17H16N2O4. The third kappa shape index (κ3) is 4.16. The Morgan fingerprint density at radius 3 is 2.52 bits per heavy atom. The van der Waals surface area contributed by atoms with Crippen LogP contribution in [0, 0.1) is 10.1 Å². The number of carbonyl (C=O) groups is 1. The van der Waals surface area contributed by atoms with E-state index in [1.807, 2.05) is 30.3 Å². The molecule has 118 valence electrons. The number of amides is 1. The van der Waals surface area contributed by atoms with Crippen molar-refractivity contribution in [2.75, 3.05) is 12.4 Å². The van der Waals surface area contributed by atoms with Crippen LogP contribution in [0.3, 0.4) is 0 Å². The predicted molar refractivity (Wildman–Crippen MR) is 88.4 cm³/mol. The van der Waals surface area contributed by atoms with Gasteiger partial charge in [0.05, 0.1) is 23.8 Å². The number of methoxy groups -OCH3 is 1. The Bertz CT molecular complexity index is 754. The number of carbonyl (C=O) groups excluding carboxylic acids is 1. The Hall–Kier alpha value is -3.15. The van der Waals surface area contributed by atoms with Crippen molar-refractivity contribution in [2.24, 2.45) is 0 Å². The summed E-state index contributed by atoms with van der Waals surface area (Å²) in [5.74, 6) is -0.0685. The molecule has 0 unspecified atom stereocenters. The fraction of sp³-hybridized carbons (Fsp3) is 0.118. The lowest BCUT2D eigenvalue weighted by Gasteiger charge is -2.10. The number of ether oxygens (including phenoxy) is 1. The molecule has 0 aliphatic heterocycles. The lowest BCUT2D eigenvalue weighted by Crippen LogP contribution is -2.13. The van der Waals surface area contributed by atoms with E-state index in [1.165, 1.54) is 25.3 Å². The molecule has 0 atom stereocenters. The van der Waals surface area contributed by atoms with Crippen LogP contribution in [0.25, 0.3) is 6.08 Å². The second-order valence-electron chi connectivity index (χ2n) is 4.83. The van der Waals surface area contributed by atoms with Crippen LogP contribution in [-0.2, 0) is 4.79 Å². The highest BCUT2D eigenvalue weighted by molar-refractivity contribution is 6.07. The number of nitro benzene ring substituents is 1. The number of hydrogen-bond donors (Lipinski definition) is 1. The Morgan fingerprint density at radius 1 is 1.22 bits per heavy atom. The van der Waals surface area contributed by atoms with Crippen molar-refractivity contribution < 1.29 is 14.5 Å². The summed E-state index contributed by atoms with van der Waals surface area (Å²) in [7, 11) is 1.39. The van der Waals surface area contributed by atoms with Gasteiger partial charge in [-0.2, -0.15) is 0 Å². The van der Waals surface area contributed by atoms with Crippen LogP contribution >= 0.6 is 0 Å². The van der Waals surface area contributed by atoms with E-state index in [2.05, 4.69) is 5.32 Å². The van der Waals surface area contributed by atoms with E-state index in [9.17, 15) is 14.9 Å². The van der Waals surface area contributed by atoms with Gasteiger partial charge in [0.1, 0.15) is 5.75 Å². The van der Waals surface area contributed by atoms with Gasteiger partial charge >= 0.3 is 0 Å². The third-order valence-electron chi connectivity index (χ3n) is 3.19. The van der Waals surface area contributed by atoms with Gasteiger partial charge in [-0.3, -0.25) is 14.9 Å². The minimum absolute atomic E-state index is 0.101.